The summed E-state index contributed by atoms with van der Waals surface area (Å²) in [5, 5.41) is 5.87. The summed E-state index contributed by atoms with van der Waals surface area (Å²) in [5.41, 5.74) is 5.65. The van der Waals surface area contributed by atoms with E-state index in [1.807, 2.05) is 0 Å². The van der Waals surface area contributed by atoms with Crippen LogP contribution in [0.3, 0.4) is 0 Å². The first-order valence-electron chi connectivity index (χ1n) is 7.33. The highest BCUT2D eigenvalue weighted by Gasteiger charge is 2.33. The van der Waals surface area contributed by atoms with Crippen molar-refractivity contribution in [2.24, 2.45) is 5.73 Å². The van der Waals surface area contributed by atoms with Gasteiger partial charge in [-0.15, -0.1) is 12.4 Å². The summed E-state index contributed by atoms with van der Waals surface area (Å²) in [7, 11) is 0. The second-order valence-corrected chi connectivity index (χ2v) is 5.53. The lowest BCUT2D eigenvalue weighted by Crippen LogP contribution is -2.51. The maximum Gasteiger partial charge on any atom is 0.220 e. The molecule has 0 unspecified atom stereocenters. The summed E-state index contributed by atoms with van der Waals surface area (Å²) in [4.78, 5) is 22.5. The van der Waals surface area contributed by atoms with Gasteiger partial charge < -0.3 is 16.4 Å². The summed E-state index contributed by atoms with van der Waals surface area (Å²) in [6.45, 7) is 2.76. The zero-order valence-electron chi connectivity index (χ0n) is 12.4. The number of halogens is 1. The van der Waals surface area contributed by atoms with Crippen LogP contribution in [0.1, 0.15) is 58.3 Å². The first-order valence-corrected chi connectivity index (χ1v) is 7.33. The zero-order valence-corrected chi connectivity index (χ0v) is 13.2. The van der Waals surface area contributed by atoms with E-state index in [0.29, 0.717) is 19.5 Å². The molecule has 0 aromatic heterocycles. The van der Waals surface area contributed by atoms with Gasteiger partial charge in [-0.05, 0) is 25.7 Å². The highest BCUT2D eigenvalue weighted by Crippen LogP contribution is 2.28. The Bertz CT molecular complexity index is 305. The summed E-state index contributed by atoms with van der Waals surface area (Å²) in [6, 6.07) is 0. The molecule has 4 N–H and O–H groups in total. The molecule has 1 aliphatic carbocycles. The molecule has 0 heterocycles. The lowest BCUT2D eigenvalue weighted by atomic mass is 9.97. The van der Waals surface area contributed by atoms with E-state index in [-0.39, 0.29) is 29.8 Å². The van der Waals surface area contributed by atoms with Crippen LogP contribution in [-0.2, 0) is 9.59 Å². The smallest absolute Gasteiger partial charge is 0.220 e. The van der Waals surface area contributed by atoms with Gasteiger partial charge in [0.2, 0.25) is 11.8 Å². The van der Waals surface area contributed by atoms with Crippen LogP contribution in [-0.4, -0.2) is 30.4 Å². The molecule has 0 radical (unpaired) electrons. The van der Waals surface area contributed by atoms with Gasteiger partial charge in [0, 0.05) is 26.4 Å². The number of nitrogens with one attached hydrogen (secondary N) is 2. The lowest BCUT2D eigenvalue weighted by molar-refractivity contribution is -0.123. The average Bonchev–Trinajstić information content (AvgIpc) is 2.82. The van der Waals surface area contributed by atoms with Crippen LogP contribution in [0.2, 0.25) is 0 Å². The molecule has 0 saturated heterocycles. The van der Waals surface area contributed by atoms with E-state index in [1.165, 1.54) is 6.92 Å². The van der Waals surface area contributed by atoms with Crippen LogP contribution >= 0.6 is 12.4 Å². The van der Waals surface area contributed by atoms with Gasteiger partial charge in [-0.2, -0.15) is 0 Å². The summed E-state index contributed by atoms with van der Waals surface area (Å²) < 4.78 is 0. The molecule has 0 aromatic rings. The first-order chi connectivity index (χ1) is 9.08. The number of carbonyl (C=O) groups excluding carboxylic acids is 2. The fourth-order valence-electron chi connectivity index (χ4n) is 2.64. The van der Waals surface area contributed by atoms with Crippen molar-refractivity contribution in [1.29, 1.82) is 0 Å². The van der Waals surface area contributed by atoms with Crippen LogP contribution in [0.4, 0.5) is 0 Å². The predicted octanol–water partition coefficient (Wildman–Crippen LogP) is 1.49. The Labute approximate surface area is 127 Å². The Hall–Kier alpha value is -0.810. The van der Waals surface area contributed by atoms with Crippen LogP contribution in [0.25, 0.3) is 0 Å². The summed E-state index contributed by atoms with van der Waals surface area (Å²) in [6.07, 6.45) is 7.66. The standard InChI is InChI=1S/C14H27N3O2.ClH/c1-12(18)16-10-6-2-3-7-13(19)17-14(11-15)8-4-5-9-14;/h2-11,15H2,1H3,(H,16,18)(H,17,19);1H. The molecule has 1 aliphatic rings. The van der Waals surface area contributed by atoms with Crippen LogP contribution in [0.15, 0.2) is 0 Å². The molecule has 0 bridgehead atoms. The zero-order chi connectivity index (χ0) is 14.1. The molecule has 0 spiro atoms. The first kappa shape index (κ1) is 19.2. The van der Waals surface area contributed by atoms with Crippen molar-refractivity contribution in [2.45, 2.75) is 63.8 Å². The molecule has 0 aromatic carbocycles. The van der Waals surface area contributed by atoms with Gasteiger partial charge in [-0.25, -0.2) is 0 Å². The normalized spacial score (nSPS) is 16.3. The largest absolute Gasteiger partial charge is 0.356 e. The van der Waals surface area contributed by atoms with Crippen molar-refractivity contribution >= 4 is 24.2 Å². The van der Waals surface area contributed by atoms with Gasteiger partial charge in [0.1, 0.15) is 0 Å². The maximum absolute atomic E-state index is 11.9. The molecule has 5 nitrogen and oxygen atoms in total. The number of nitrogens with two attached hydrogens (primary N) is 1. The molecule has 1 saturated carbocycles. The second-order valence-electron chi connectivity index (χ2n) is 5.53. The van der Waals surface area contributed by atoms with Crippen molar-refractivity contribution in [1.82, 2.24) is 10.6 Å². The number of amides is 2. The molecule has 118 valence electrons. The molecular formula is C14H28ClN3O2. The van der Waals surface area contributed by atoms with Gasteiger partial charge in [0.05, 0.1) is 5.54 Å². The van der Waals surface area contributed by atoms with Crippen molar-refractivity contribution < 1.29 is 9.59 Å². The fourth-order valence-corrected chi connectivity index (χ4v) is 2.64. The number of carbonyl (C=O) groups is 2. The number of unbranched alkanes of at least 4 members (excludes halogenated alkanes) is 2. The van der Waals surface area contributed by atoms with Crippen molar-refractivity contribution in [3.63, 3.8) is 0 Å². The third-order valence-corrected chi connectivity index (χ3v) is 3.81. The Kier molecular flexibility index (Phi) is 9.59. The highest BCUT2D eigenvalue weighted by molar-refractivity contribution is 5.85. The van der Waals surface area contributed by atoms with E-state index in [4.69, 9.17) is 5.73 Å². The monoisotopic (exact) mass is 305 g/mol. The molecule has 0 atom stereocenters. The topological polar surface area (TPSA) is 84.2 Å². The molecular weight excluding hydrogens is 278 g/mol. The molecule has 6 heteroatoms. The van der Waals surface area contributed by atoms with Crippen LogP contribution in [0.5, 0.6) is 0 Å². The average molecular weight is 306 g/mol. The Morgan fingerprint density at radius 1 is 1.15 bits per heavy atom. The molecule has 0 aliphatic heterocycles. The molecule has 20 heavy (non-hydrogen) atoms. The molecule has 1 fully saturated rings. The Morgan fingerprint density at radius 2 is 1.80 bits per heavy atom. The third-order valence-electron chi connectivity index (χ3n) is 3.81. The Morgan fingerprint density at radius 3 is 2.35 bits per heavy atom. The van der Waals surface area contributed by atoms with Gasteiger partial charge in [-0.1, -0.05) is 19.3 Å². The van der Waals surface area contributed by atoms with Gasteiger partial charge in [0.25, 0.3) is 0 Å². The molecule has 1 rings (SSSR count). The van der Waals surface area contributed by atoms with Crippen molar-refractivity contribution in [2.75, 3.05) is 13.1 Å². The second kappa shape index (κ2) is 10.00. The van der Waals surface area contributed by atoms with E-state index in [2.05, 4.69) is 10.6 Å². The van der Waals surface area contributed by atoms with Gasteiger partial charge in [-0.3, -0.25) is 9.59 Å². The van der Waals surface area contributed by atoms with E-state index < -0.39 is 0 Å². The van der Waals surface area contributed by atoms with E-state index in [1.54, 1.807) is 0 Å². The van der Waals surface area contributed by atoms with Gasteiger partial charge in [0.15, 0.2) is 0 Å². The summed E-state index contributed by atoms with van der Waals surface area (Å²) >= 11 is 0. The number of rotatable bonds is 8. The predicted molar refractivity (Wildman–Crippen MR) is 82.8 cm³/mol. The van der Waals surface area contributed by atoms with Gasteiger partial charge >= 0.3 is 0 Å². The molecule has 2 amide bonds. The van der Waals surface area contributed by atoms with Crippen LogP contribution in [0, 0.1) is 0 Å². The van der Waals surface area contributed by atoms with Crippen LogP contribution < -0.4 is 16.4 Å². The fraction of sp³-hybridized carbons (Fsp3) is 0.857. The lowest BCUT2D eigenvalue weighted by Gasteiger charge is -2.28. The van der Waals surface area contributed by atoms with E-state index in [9.17, 15) is 9.59 Å². The number of hydrogen-bond acceptors (Lipinski definition) is 3. The minimum Gasteiger partial charge on any atom is -0.356 e. The minimum absolute atomic E-state index is 0. The third kappa shape index (κ3) is 7.10. The van der Waals surface area contributed by atoms with E-state index >= 15 is 0 Å². The Balaban J connectivity index is 0.00000361. The quantitative estimate of drug-likeness (QED) is 0.594. The maximum atomic E-state index is 11.9. The number of hydrogen-bond donors (Lipinski definition) is 3. The van der Waals surface area contributed by atoms with Crippen molar-refractivity contribution in [3.05, 3.63) is 0 Å². The highest BCUT2D eigenvalue weighted by atomic mass is 35.5. The van der Waals surface area contributed by atoms with E-state index in [0.717, 1.165) is 44.9 Å². The van der Waals surface area contributed by atoms with Crippen molar-refractivity contribution in [3.8, 4) is 0 Å². The SMILES string of the molecule is CC(=O)NCCCCCC(=O)NC1(CN)CCCC1.Cl. The summed E-state index contributed by atoms with van der Waals surface area (Å²) in [5.74, 6) is 0.121. The minimum atomic E-state index is -0.132.